The van der Waals surface area contributed by atoms with Crippen LogP contribution in [0, 0.1) is 0 Å². The topological polar surface area (TPSA) is 145 Å². The van der Waals surface area contributed by atoms with Gasteiger partial charge in [0, 0.05) is 25.7 Å². The minimum Gasteiger partial charge on any atom is -0.460 e. The highest BCUT2D eigenvalue weighted by molar-refractivity contribution is 6.05. The average Bonchev–Trinajstić information content (AvgIpc) is 3.27. The molecule has 47 heavy (non-hydrogen) atoms. The first-order valence-electron chi connectivity index (χ1n) is 17.0. The van der Waals surface area contributed by atoms with Crippen molar-refractivity contribution in [3.63, 3.8) is 0 Å². The highest BCUT2D eigenvalue weighted by Gasteiger charge is 2.33. The normalized spacial score (nSPS) is 13.4. The zero-order chi connectivity index (χ0) is 35.0. The van der Waals surface area contributed by atoms with Gasteiger partial charge in [-0.25, -0.2) is 9.59 Å². The molecular weight excluding hydrogens is 604 g/mol. The Morgan fingerprint density at radius 2 is 1.13 bits per heavy atom. The summed E-state index contributed by atoms with van der Waals surface area (Å²) in [6, 6.07) is 3.98. The molecule has 1 aliphatic rings. The Kier molecular flexibility index (Phi) is 16.1. The summed E-state index contributed by atoms with van der Waals surface area (Å²) in [6.07, 6.45) is 13.5. The van der Waals surface area contributed by atoms with E-state index in [9.17, 15) is 28.8 Å². The lowest BCUT2D eigenvalue weighted by Crippen LogP contribution is -2.32. The van der Waals surface area contributed by atoms with Gasteiger partial charge in [-0.1, -0.05) is 64.2 Å². The zero-order valence-corrected chi connectivity index (χ0v) is 29.2. The second-order valence-electron chi connectivity index (χ2n) is 14.1. The van der Waals surface area contributed by atoms with Gasteiger partial charge in [0.1, 0.15) is 11.2 Å². The van der Waals surface area contributed by atoms with Crippen molar-refractivity contribution < 1.29 is 43.1 Å². The van der Waals surface area contributed by atoms with Crippen LogP contribution < -0.4 is 5.32 Å². The van der Waals surface area contributed by atoms with E-state index in [1.54, 1.807) is 20.8 Å². The molecule has 1 aromatic carbocycles. The molecule has 0 aliphatic carbocycles. The van der Waals surface area contributed by atoms with Crippen LogP contribution in [0.2, 0.25) is 0 Å². The molecule has 1 aliphatic heterocycles. The second-order valence-corrected chi connectivity index (χ2v) is 14.1. The molecule has 3 amide bonds. The summed E-state index contributed by atoms with van der Waals surface area (Å²) in [4.78, 5) is 78.7. The van der Waals surface area contributed by atoms with Gasteiger partial charge in [-0.15, -0.1) is 5.06 Å². The number of hydrogen-bond acceptors (Lipinski definition) is 9. The van der Waals surface area contributed by atoms with Crippen molar-refractivity contribution in [1.29, 1.82) is 0 Å². The minimum absolute atomic E-state index is 0.0393. The van der Waals surface area contributed by atoms with Crippen molar-refractivity contribution in [1.82, 2.24) is 5.06 Å². The van der Waals surface area contributed by atoms with Gasteiger partial charge in [0.05, 0.1) is 16.8 Å². The lowest BCUT2D eigenvalue weighted by molar-refractivity contribution is -0.172. The number of rotatable bonds is 19. The van der Waals surface area contributed by atoms with E-state index in [1.807, 2.05) is 20.8 Å². The van der Waals surface area contributed by atoms with E-state index in [4.69, 9.17) is 14.3 Å². The van der Waals surface area contributed by atoms with Crippen LogP contribution in [0.3, 0.4) is 0 Å². The third-order valence-electron chi connectivity index (χ3n) is 7.28. The molecule has 11 heteroatoms. The molecule has 1 fully saturated rings. The van der Waals surface area contributed by atoms with E-state index < -0.39 is 35.0 Å². The van der Waals surface area contributed by atoms with Crippen LogP contribution in [0.1, 0.15) is 165 Å². The van der Waals surface area contributed by atoms with E-state index >= 15 is 0 Å². The number of amides is 3. The summed E-state index contributed by atoms with van der Waals surface area (Å²) in [7, 11) is 0. The monoisotopic (exact) mass is 658 g/mol. The summed E-state index contributed by atoms with van der Waals surface area (Å²) in [5.74, 6) is -3.33. The highest BCUT2D eigenvalue weighted by atomic mass is 16.7. The Hall–Kier alpha value is -3.76. The van der Waals surface area contributed by atoms with Crippen molar-refractivity contribution >= 4 is 41.3 Å². The minimum atomic E-state index is -0.983. The molecule has 0 radical (unpaired) electrons. The summed E-state index contributed by atoms with van der Waals surface area (Å²) in [5.41, 5.74) is -1.17. The predicted molar refractivity (Wildman–Crippen MR) is 177 cm³/mol. The number of hydroxylamine groups is 2. The molecule has 0 unspecified atom stereocenters. The van der Waals surface area contributed by atoms with Crippen molar-refractivity contribution in [2.24, 2.45) is 0 Å². The largest absolute Gasteiger partial charge is 0.460 e. The molecule has 11 nitrogen and oxygen atoms in total. The molecule has 2 rings (SSSR count). The molecule has 0 spiro atoms. The number of benzene rings is 1. The van der Waals surface area contributed by atoms with Gasteiger partial charge in [-0.2, -0.15) is 0 Å². The maximum absolute atomic E-state index is 13.0. The molecule has 1 heterocycles. The molecule has 0 atom stereocenters. The number of ether oxygens (including phenoxy) is 2. The first kappa shape index (κ1) is 39.4. The maximum atomic E-state index is 13.0. The fraction of sp³-hybridized carbons (Fsp3) is 0.667. The first-order valence-corrected chi connectivity index (χ1v) is 17.0. The van der Waals surface area contributed by atoms with E-state index in [-0.39, 0.29) is 48.0 Å². The van der Waals surface area contributed by atoms with Gasteiger partial charge in [0.25, 0.3) is 11.8 Å². The molecular formula is C36H54N2O9. The van der Waals surface area contributed by atoms with Crippen molar-refractivity contribution in [3.05, 3.63) is 29.3 Å². The van der Waals surface area contributed by atoms with Crippen LogP contribution in [-0.2, 0) is 33.5 Å². The van der Waals surface area contributed by atoms with Gasteiger partial charge in [-0.3, -0.25) is 19.2 Å². The molecule has 0 saturated carbocycles. The Bertz CT molecular complexity index is 1230. The van der Waals surface area contributed by atoms with Crippen LogP contribution in [0.4, 0.5) is 5.69 Å². The number of anilines is 1. The lowest BCUT2D eigenvalue weighted by Gasteiger charge is -2.21. The van der Waals surface area contributed by atoms with Gasteiger partial charge >= 0.3 is 17.9 Å². The van der Waals surface area contributed by atoms with Crippen molar-refractivity contribution in [2.75, 3.05) is 5.32 Å². The molecule has 1 N–H and O–H groups in total. The van der Waals surface area contributed by atoms with Crippen LogP contribution in [-0.4, -0.2) is 51.9 Å². The maximum Gasteiger partial charge on any atom is 0.363 e. The molecule has 0 aromatic heterocycles. The molecule has 262 valence electrons. The Morgan fingerprint density at radius 3 is 1.62 bits per heavy atom. The fourth-order valence-electron chi connectivity index (χ4n) is 5.00. The highest BCUT2D eigenvalue weighted by Crippen LogP contribution is 2.24. The number of nitrogens with one attached hydrogen (secondary N) is 1. The zero-order valence-electron chi connectivity index (χ0n) is 29.2. The van der Waals surface area contributed by atoms with Crippen LogP contribution in [0.5, 0.6) is 0 Å². The summed E-state index contributed by atoms with van der Waals surface area (Å²) >= 11 is 0. The number of esters is 2. The lowest BCUT2D eigenvalue weighted by atomic mass is 10.0. The van der Waals surface area contributed by atoms with Crippen LogP contribution in [0.15, 0.2) is 18.2 Å². The number of carbonyl (C=O) groups is 6. The second kappa shape index (κ2) is 19.2. The number of hydrogen-bond donors (Lipinski definition) is 1. The van der Waals surface area contributed by atoms with Gasteiger partial charge in [-0.05, 0) is 72.6 Å². The Balaban J connectivity index is 1.69. The van der Waals surface area contributed by atoms with E-state index in [1.165, 1.54) is 50.3 Å². The number of carbonyl (C=O) groups excluding carboxylic acids is 6. The fourth-order valence-corrected chi connectivity index (χ4v) is 5.00. The first-order chi connectivity index (χ1) is 22.1. The average molecular weight is 659 g/mol. The summed E-state index contributed by atoms with van der Waals surface area (Å²) in [5, 5.41) is 3.19. The summed E-state index contributed by atoms with van der Waals surface area (Å²) < 4.78 is 10.8. The van der Waals surface area contributed by atoms with E-state index in [0.717, 1.165) is 38.5 Å². The van der Waals surface area contributed by atoms with Gasteiger partial charge in [0.2, 0.25) is 5.91 Å². The van der Waals surface area contributed by atoms with Crippen LogP contribution in [0.25, 0.3) is 0 Å². The van der Waals surface area contributed by atoms with Gasteiger partial charge in [0.15, 0.2) is 0 Å². The number of nitrogens with zero attached hydrogens (tertiary/aromatic N) is 1. The number of unbranched alkanes of at least 4 members (excludes halogenated alkanes) is 11. The Morgan fingerprint density at radius 1 is 0.660 bits per heavy atom. The Labute approximate surface area is 279 Å². The number of imide groups is 1. The third-order valence-corrected chi connectivity index (χ3v) is 7.28. The molecule has 0 bridgehead atoms. The van der Waals surface area contributed by atoms with E-state index in [2.05, 4.69) is 5.32 Å². The standard InChI is InChI=1S/C36H54N2O9/c1-35(2,3)45-32(42)20-18-16-14-12-10-8-7-9-11-13-15-17-19-29(39)37-28-22-21-26(25-27(28)34(44)46-36(4,5)6)33(43)47-38-30(40)23-24-31(38)41/h21-22,25H,7-20,23-24H2,1-6H3,(H,37,39). The smallest absolute Gasteiger partial charge is 0.363 e. The van der Waals surface area contributed by atoms with Crippen LogP contribution >= 0.6 is 0 Å². The van der Waals surface area contributed by atoms with Gasteiger partial charge < -0.3 is 19.6 Å². The quantitative estimate of drug-likeness (QED) is 0.0902. The van der Waals surface area contributed by atoms with Crippen molar-refractivity contribution in [3.8, 4) is 0 Å². The van der Waals surface area contributed by atoms with Crippen molar-refractivity contribution in [2.45, 2.75) is 155 Å². The third kappa shape index (κ3) is 16.1. The molecule has 1 saturated heterocycles. The predicted octanol–water partition coefficient (Wildman–Crippen LogP) is 7.60. The molecule has 1 aromatic rings. The van der Waals surface area contributed by atoms with E-state index in [0.29, 0.717) is 17.9 Å². The SMILES string of the molecule is CC(C)(C)OC(=O)CCCCCCCCCCCCCCC(=O)Nc1ccc(C(=O)ON2C(=O)CCC2=O)cc1C(=O)OC(C)(C)C. The summed E-state index contributed by atoms with van der Waals surface area (Å²) in [6.45, 7) is 10.8.